The maximum atomic E-state index is 12.2. The summed E-state index contributed by atoms with van der Waals surface area (Å²) in [5, 5.41) is 31.5. The molecule has 1 aliphatic rings. The molecule has 0 saturated heterocycles. The molecule has 160 valence electrons. The summed E-state index contributed by atoms with van der Waals surface area (Å²) in [7, 11) is 0. The van der Waals surface area contributed by atoms with E-state index in [1.54, 1.807) is 19.9 Å². The van der Waals surface area contributed by atoms with Gasteiger partial charge in [0.05, 0.1) is 16.7 Å². The van der Waals surface area contributed by atoms with E-state index in [9.17, 15) is 24.9 Å². The van der Waals surface area contributed by atoms with Crippen LogP contribution < -0.4 is 0 Å². The molecule has 0 unspecified atom stereocenters. The van der Waals surface area contributed by atoms with Crippen molar-refractivity contribution in [3.63, 3.8) is 0 Å². The van der Waals surface area contributed by atoms with E-state index in [-0.39, 0.29) is 51.2 Å². The molecule has 2 rings (SSSR count). The van der Waals surface area contributed by atoms with Crippen LogP contribution in [0.3, 0.4) is 0 Å². The fourth-order valence-electron chi connectivity index (χ4n) is 4.27. The van der Waals surface area contributed by atoms with Gasteiger partial charge in [0.15, 0.2) is 6.29 Å². The summed E-state index contributed by atoms with van der Waals surface area (Å²) in [5.74, 6) is -0.127. The molecule has 6 heteroatoms. The van der Waals surface area contributed by atoms with Crippen molar-refractivity contribution in [3.05, 3.63) is 33.4 Å². The molecular weight excluding hydrogens is 392 g/mol. The lowest BCUT2D eigenvalue weighted by atomic mass is 9.59. The minimum Gasteiger partial charge on any atom is -0.507 e. The second-order valence-corrected chi connectivity index (χ2v) is 9.03. The van der Waals surface area contributed by atoms with Crippen molar-refractivity contribution in [2.45, 2.75) is 66.4 Å². The minimum absolute atomic E-state index is 0.0300. The van der Waals surface area contributed by atoms with Crippen molar-refractivity contribution in [1.29, 1.82) is 0 Å². The number of aliphatic hydroxyl groups excluding tert-OH is 1. The third-order valence-corrected chi connectivity index (χ3v) is 7.56. The van der Waals surface area contributed by atoms with Gasteiger partial charge in [-0.3, -0.25) is 9.59 Å². The highest BCUT2D eigenvalue weighted by molar-refractivity contribution is 6.33. The van der Waals surface area contributed by atoms with E-state index in [1.807, 2.05) is 6.92 Å². The largest absolute Gasteiger partial charge is 0.507 e. The standard InChI is InChI=1S/C23H31ClO5/c1-12(19(27)10-23(5)13(2)7-9-18(26)15(23)4)6-8-16-21(28)17(11-25)14(3)20(24)22(16)29/h6,11,13,15,19,27-29H,7-10H2,1-5H3/b12-6+/t13-,15+,19+,23-/m1/s1. The number of carbonyl (C=O) groups is 2. The van der Waals surface area contributed by atoms with Crippen LogP contribution in [0.2, 0.25) is 5.02 Å². The Balaban J connectivity index is 2.25. The van der Waals surface area contributed by atoms with E-state index in [0.717, 1.165) is 6.42 Å². The number of hydrogen-bond acceptors (Lipinski definition) is 5. The average Bonchev–Trinajstić information content (AvgIpc) is 2.68. The molecule has 0 heterocycles. The lowest BCUT2D eigenvalue weighted by Gasteiger charge is -2.45. The first kappa shape index (κ1) is 23.4. The Labute approximate surface area is 177 Å². The van der Waals surface area contributed by atoms with Crippen LogP contribution in [-0.2, 0) is 11.2 Å². The highest BCUT2D eigenvalue weighted by Gasteiger charge is 2.44. The zero-order valence-electron chi connectivity index (χ0n) is 17.8. The summed E-state index contributed by atoms with van der Waals surface area (Å²) in [5.41, 5.74) is 0.887. The van der Waals surface area contributed by atoms with Gasteiger partial charge < -0.3 is 15.3 Å². The second kappa shape index (κ2) is 8.88. The molecule has 0 radical (unpaired) electrons. The molecule has 4 atom stereocenters. The number of phenols is 2. The minimum atomic E-state index is -0.758. The van der Waals surface area contributed by atoms with E-state index in [4.69, 9.17) is 11.6 Å². The molecule has 29 heavy (non-hydrogen) atoms. The normalized spacial score (nSPS) is 26.4. The fraction of sp³-hybridized carbons (Fsp3) is 0.565. The Hall–Kier alpha value is -1.85. The summed E-state index contributed by atoms with van der Waals surface area (Å²) in [6.45, 7) is 9.45. The number of carbonyl (C=O) groups excluding carboxylic acids is 2. The summed E-state index contributed by atoms with van der Waals surface area (Å²) in [4.78, 5) is 23.5. The van der Waals surface area contributed by atoms with Crippen LogP contribution in [0.25, 0.3) is 0 Å². The van der Waals surface area contributed by atoms with Gasteiger partial charge in [0, 0.05) is 17.9 Å². The highest BCUT2D eigenvalue weighted by Crippen LogP contribution is 2.47. The number of ketones is 1. The number of hydrogen-bond donors (Lipinski definition) is 3. The number of aliphatic hydroxyl groups is 1. The zero-order valence-corrected chi connectivity index (χ0v) is 18.5. The molecule has 3 N–H and O–H groups in total. The molecular formula is C23H31ClO5. The Kier molecular flexibility index (Phi) is 7.18. The van der Waals surface area contributed by atoms with Crippen LogP contribution in [0.5, 0.6) is 11.5 Å². The van der Waals surface area contributed by atoms with Crippen molar-refractivity contribution >= 4 is 23.7 Å². The molecule has 1 aromatic rings. The van der Waals surface area contributed by atoms with Gasteiger partial charge >= 0.3 is 0 Å². The number of halogens is 1. The van der Waals surface area contributed by atoms with Gasteiger partial charge in [0.1, 0.15) is 17.3 Å². The van der Waals surface area contributed by atoms with Crippen LogP contribution in [0.4, 0.5) is 0 Å². The number of Topliss-reactive ketones (excluding diaryl/α,β-unsaturated/α-hetero) is 1. The molecule has 0 amide bonds. The number of aldehydes is 1. The molecule has 5 nitrogen and oxygen atoms in total. The van der Waals surface area contributed by atoms with Crippen LogP contribution in [-0.4, -0.2) is 33.5 Å². The van der Waals surface area contributed by atoms with Gasteiger partial charge in [0.25, 0.3) is 0 Å². The fourth-order valence-corrected chi connectivity index (χ4v) is 4.49. The third kappa shape index (κ3) is 4.36. The predicted molar refractivity (Wildman–Crippen MR) is 114 cm³/mol. The second-order valence-electron chi connectivity index (χ2n) is 8.65. The van der Waals surface area contributed by atoms with Gasteiger partial charge in [-0.2, -0.15) is 0 Å². The Morgan fingerprint density at radius 2 is 1.93 bits per heavy atom. The molecule has 1 aromatic carbocycles. The van der Waals surface area contributed by atoms with Crippen LogP contribution in [0, 0.1) is 24.2 Å². The van der Waals surface area contributed by atoms with E-state index < -0.39 is 6.10 Å². The molecule has 1 fully saturated rings. The van der Waals surface area contributed by atoms with Crippen LogP contribution >= 0.6 is 11.6 Å². The van der Waals surface area contributed by atoms with Gasteiger partial charge in [0.2, 0.25) is 0 Å². The SMILES string of the molecule is C/C(=C\Cc1c(O)c(Cl)c(C)c(C=O)c1O)[C@@H](O)C[C@]1(C)[C@H](C)CCC(=O)[C@@H]1C. The molecule has 0 bridgehead atoms. The van der Waals surface area contributed by atoms with Crippen molar-refractivity contribution in [2.24, 2.45) is 17.3 Å². The Bertz CT molecular complexity index is 844. The smallest absolute Gasteiger partial charge is 0.154 e. The van der Waals surface area contributed by atoms with Crippen molar-refractivity contribution in [1.82, 2.24) is 0 Å². The van der Waals surface area contributed by atoms with Gasteiger partial charge in [-0.15, -0.1) is 0 Å². The number of aromatic hydroxyl groups is 2. The van der Waals surface area contributed by atoms with Crippen LogP contribution in [0.1, 0.15) is 68.4 Å². The molecule has 0 aliphatic heterocycles. The Morgan fingerprint density at radius 1 is 1.31 bits per heavy atom. The highest BCUT2D eigenvalue weighted by atomic mass is 35.5. The average molecular weight is 423 g/mol. The summed E-state index contributed by atoms with van der Waals surface area (Å²) < 4.78 is 0. The molecule has 0 aromatic heterocycles. The first-order valence-corrected chi connectivity index (χ1v) is 10.4. The van der Waals surface area contributed by atoms with Gasteiger partial charge in [-0.05, 0) is 55.6 Å². The monoisotopic (exact) mass is 422 g/mol. The lowest BCUT2D eigenvalue weighted by molar-refractivity contribution is -0.133. The van der Waals surface area contributed by atoms with E-state index in [2.05, 4.69) is 13.8 Å². The van der Waals surface area contributed by atoms with E-state index in [0.29, 0.717) is 36.2 Å². The predicted octanol–water partition coefficient (Wildman–Crippen LogP) is 4.75. The van der Waals surface area contributed by atoms with Gasteiger partial charge in [-0.1, -0.05) is 38.4 Å². The number of rotatable bonds is 6. The molecule has 1 saturated carbocycles. The number of allylic oxidation sites excluding steroid dienone is 1. The van der Waals surface area contributed by atoms with Gasteiger partial charge in [-0.25, -0.2) is 0 Å². The maximum absolute atomic E-state index is 12.2. The lowest BCUT2D eigenvalue weighted by Crippen LogP contribution is -2.43. The molecule has 1 aliphatic carbocycles. The first-order chi connectivity index (χ1) is 13.5. The van der Waals surface area contributed by atoms with E-state index >= 15 is 0 Å². The maximum Gasteiger partial charge on any atom is 0.154 e. The van der Waals surface area contributed by atoms with E-state index in [1.165, 1.54) is 0 Å². The summed E-state index contributed by atoms with van der Waals surface area (Å²) in [6.07, 6.45) is 3.45. The summed E-state index contributed by atoms with van der Waals surface area (Å²) in [6, 6.07) is 0. The first-order valence-electron chi connectivity index (χ1n) is 10.0. The van der Waals surface area contributed by atoms with Crippen molar-refractivity contribution in [2.75, 3.05) is 0 Å². The number of phenolic OH excluding ortho intramolecular Hbond substituents is 2. The Morgan fingerprint density at radius 3 is 2.52 bits per heavy atom. The topological polar surface area (TPSA) is 94.8 Å². The van der Waals surface area contributed by atoms with Crippen molar-refractivity contribution < 1.29 is 24.9 Å². The van der Waals surface area contributed by atoms with Crippen molar-refractivity contribution in [3.8, 4) is 11.5 Å². The third-order valence-electron chi connectivity index (χ3n) is 7.09. The quantitative estimate of drug-likeness (QED) is 0.454. The zero-order chi connectivity index (χ0) is 22.1. The molecule has 0 spiro atoms. The summed E-state index contributed by atoms with van der Waals surface area (Å²) >= 11 is 6.09. The number of benzene rings is 1. The van der Waals surface area contributed by atoms with Crippen LogP contribution in [0.15, 0.2) is 11.6 Å².